The zero-order chi connectivity index (χ0) is 12.2. The molecule has 0 saturated heterocycles. The summed E-state index contributed by atoms with van der Waals surface area (Å²) in [5.74, 6) is 0.116. The van der Waals surface area contributed by atoms with E-state index in [2.05, 4.69) is 0 Å². The third-order valence-corrected chi connectivity index (χ3v) is 2.43. The van der Waals surface area contributed by atoms with E-state index in [1.54, 1.807) is 24.3 Å². The molecule has 0 heterocycles. The van der Waals surface area contributed by atoms with Gasteiger partial charge in [-0.25, -0.2) is 0 Å². The van der Waals surface area contributed by atoms with Gasteiger partial charge in [-0.05, 0) is 19.9 Å². The minimum atomic E-state index is -1.54. The molecule has 1 aromatic rings. The first-order valence-corrected chi connectivity index (χ1v) is 4.94. The minimum Gasteiger partial charge on any atom is -0.467 e. The lowest BCUT2D eigenvalue weighted by atomic mass is 9.91. The SMILES string of the molecule is COCOc1ccccc1C(C)(O)C(C)=O. The number of para-hydroxylation sites is 1. The lowest BCUT2D eigenvalue weighted by Gasteiger charge is -2.23. The summed E-state index contributed by atoms with van der Waals surface area (Å²) < 4.78 is 10.1. The highest BCUT2D eigenvalue weighted by Crippen LogP contribution is 2.30. The number of ether oxygens (including phenoxy) is 2. The van der Waals surface area contributed by atoms with Crippen molar-refractivity contribution in [3.63, 3.8) is 0 Å². The third kappa shape index (κ3) is 2.59. The predicted octanol–water partition coefficient (Wildman–Crippen LogP) is 1.47. The van der Waals surface area contributed by atoms with Crippen LogP contribution < -0.4 is 4.74 Å². The van der Waals surface area contributed by atoms with Crippen molar-refractivity contribution in [1.29, 1.82) is 0 Å². The Bertz CT molecular complexity index is 371. The van der Waals surface area contributed by atoms with Crippen molar-refractivity contribution in [1.82, 2.24) is 0 Å². The number of hydrogen-bond acceptors (Lipinski definition) is 4. The van der Waals surface area contributed by atoms with Crippen LogP contribution in [-0.4, -0.2) is 24.8 Å². The summed E-state index contributed by atoms with van der Waals surface area (Å²) in [6, 6.07) is 6.86. The fourth-order valence-electron chi connectivity index (χ4n) is 1.31. The van der Waals surface area contributed by atoms with Crippen molar-refractivity contribution in [3.05, 3.63) is 29.8 Å². The second-order valence-corrected chi connectivity index (χ2v) is 3.68. The van der Waals surface area contributed by atoms with E-state index >= 15 is 0 Å². The van der Waals surface area contributed by atoms with E-state index in [9.17, 15) is 9.90 Å². The molecule has 1 unspecified atom stereocenters. The molecule has 0 aromatic heterocycles. The van der Waals surface area contributed by atoms with Gasteiger partial charge in [0.2, 0.25) is 0 Å². The van der Waals surface area contributed by atoms with E-state index < -0.39 is 5.60 Å². The molecule has 0 aliphatic carbocycles. The molecule has 4 heteroatoms. The van der Waals surface area contributed by atoms with Crippen LogP contribution in [0.3, 0.4) is 0 Å². The quantitative estimate of drug-likeness (QED) is 0.769. The molecule has 0 amide bonds. The van der Waals surface area contributed by atoms with Crippen LogP contribution in [0.1, 0.15) is 19.4 Å². The average molecular weight is 224 g/mol. The van der Waals surface area contributed by atoms with E-state index in [1.165, 1.54) is 21.0 Å². The van der Waals surface area contributed by atoms with Gasteiger partial charge in [0.1, 0.15) is 11.4 Å². The molecule has 0 saturated carbocycles. The van der Waals surface area contributed by atoms with Crippen molar-refractivity contribution in [2.24, 2.45) is 0 Å². The largest absolute Gasteiger partial charge is 0.467 e. The number of aliphatic hydroxyl groups is 1. The van der Waals surface area contributed by atoms with Crippen molar-refractivity contribution in [3.8, 4) is 5.75 Å². The number of carbonyl (C=O) groups excluding carboxylic acids is 1. The first kappa shape index (κ1) is 12.7. The minimum absolute atomic E-state index is 0.0744. The second-order valence-electron chi connectivity index (χ2n) is 3.68. The molecule has 16 heavy (non-hydrogen) atoms. The first-order chi connectivity index (χ1) is 7.50. The summed E-state index contributed by atoms with van der Waals surface area (Å²) in [6.45, 7) is 2.86. The molecule has 0 radical (unpaired) electrons. The Morgan fingerprint density at radius 1 is 1.44 bits per heavy atom. The van der Waals surface area contributed by atoms with E-state index in [1.807, 2.05) is 0 Å². The number of Topliss-reactive ketones (excluding diaryl/α,β-unsaturated/α-hetero) is 1. The van der Waals surface area contributed by atoms with E-state index in [4.69, 9.17) is 9.47 Å². The van der Waals surface area contributed by atoms with Crippen LogP contribution in [0, 0.1) is 0 Å². The normalized spacial score (nSPS) is 14.2. The molecule has 1 rings (SSSR count). The molecule has 0 bridgehead atoms. The molecule has 1 aromatic carbocycles. The molecule has 0 aliphatic heterocycles. The molecule has 0 spiro atoms. The van der Waals surface area contributed by atoms with E-state index in [0.29, 0.717) is 11.3 Å². The van der Waals surface area contributed by atoms with Gasteiger partial charge < -0.3 is 14.6 Å². The second kappa shape index (κ2) is 5.09. The fraction of sp³-hybridized carbons (Fsp3) is 0.417. The number of methoxy groups -OCH3 is 1. The molecule has 1 N–H and O–H groups in total. The molecular weight excluding hydrogens is 208 g/mol. The Morgan fingerprint density at radius 2 is 2.06 bits per heavy atom. The Kier molecular flexibility index (Phi) is 4.04. The molecule has 1 atom stereocenters. The molecule has 0 fully saturated rings. The highest BCUT2D eigenvalue weighted by molar-refractivity contribution is 5.86. The maximum Gasteiger partial charge on any atom is 0.188 e. The van der Waals surface area contributed by atoms with Crippen LogP contribution in [0.5, 0.6) is 5.75 Å². The number of hydrogen-bond donors (Lipinski definition) is 1. The zero-order valence-corrected chi connectivity index (χ0v) is 9.69. The first-order valence-electron chi connectivity index (χ1n) is 4.94. The average Bonchev–Trinajstić information content (AvgIpc) is 2.26. The molecule has 4 nitrogen and oxygen atoms in total. The van der Waals surface area contributed by atoms with Crippen LogP contribution >= 0.6 is 0 Å². The third-order valence-electron chi connectivity index (χ3n) is 2.43. The Morgan fingerprint density at radius 3 is 2.62 bits per heavy atom. The summed E-state index contributed by atoms with van der Waals surface area (Å²) in [7, 11) is 1.51. The zero-order valence-electron chi connectivity index (χ0n) is 9.69. The van der Waals surface area contributed by atoms with E-state index in [-0.39, 0.29) is 12.6 Å². The van der Waals surface area contributed by atoms with Crippen LogP contribution in [-0.2, 0) is 15.1 Å². The van der Waals surface area contributed by atoms with Crippen LogP contribution in [0.2, 0.25) is 0 Å². The van der Waals surface area contributed by atoms with Crippen molar-refractivity contribution in [2.45, 2.75) is 19.4 Å². The number of carbonyl (C=O) groups is 1. The van der Waals surface area contributed by atoms with Crippen LogP contribution in [0.15, 0.2) is 24.3 Å². The van der Waals surface area contributed by atoms with Crippen molar-refractivity contribution in [2.75, 3.05) is 13.9 Å². The predicted molar refractivity (Wildman–Crippen MR) is 59.2 cm³/mol. The van der Waals surface area contributed by atoms with E-state index in [0.717, 1.165) is 0 Å². The maximum atomic E-state index is 11.4. The van der Waals surface area contributed by atoms with Gasteiger partial charge in [-0.2, -0.15) is 0 Å². The van der Waals surface area contributed by atoms with Gasteiger partial charge in [0, 0.05) is 12.7 Å². The summed E-state index contributed by atoms with van der Waals surface area (Å²) >= 11 is 0. The highest BCUT2D eigenvalue weighted by atomic mass is 16.7. The van der Waals surface area contributed by atoms with Gasteiger partial charge in [-0.15, -0.1) is 0 Å². The molecular formula is C12H16O4. The Hall–Kier alpha value is -1.39. The summed E-state index contributed by atoms with van der Waals surface area (Å²) in [4.78, 5) is 11.4. The number of benzene rings is 1. The molecule has 0 aliphatic rings. The standard InChI is InChI=1S/C12H16O4/c1-9(13)12(2,14)10-6-4-5-7-11(10)16-8-15-3/h4-7,14H,8H2,1-3H3. The summed E-state index contributed by atoms with van der Waals surface area (Å²) in [5.41, 5.74) is -1.09. The van der Waals surface area contributed by atoms with Gasteiger partial charge in [0.15, 0.2) is 12.6 Å². The monoisotopic (exact) mass is 224 g/mol. The highest BCUT2D eigenvalue weighted by Gasteiger charge is 2.31. The maximum absolute atomic E-state index is 11.4. The lowest BCUT2D eigenvalue weighted by Crippen LogP contribution is -2.30. The lowest BCUT2D eigenvalue weighted by molar-refractivity contribution is -0.134. The number of rotatable bonds is 5. The van der Waals surface area contributed by atoms with Gasteiger partial charge in [0.25, 0.3) is 0 Å². The van der Waals surface area contributed by atoms with Gasteiger partial charge in [0.05, 0.1) is 0 Å². The van der Waals surface area contributed by atoms with Crippen LogP contribution in [0.25, 0.3) is 0 Å². The Labute approximate surface area is 94.8 Å². The Balaban J connectivity index is 3.07. The van der Waals surface area contributed by atoms with Gasteiger partial charge >= 0.3 is 0 Å². The summed E-state index contributed by atoms with van der Waals surface area (Å²) in [5, 5.41) is 10.1. The van der Waals surface area contributed by atoms with Crippen molar-refractivity contribution >= 4 is 5.78 Å². The fourth-order valence-corrected chi connectivity index (χ4v) is 1.31. The van der Waals surface area contributed by atoms with Gasteiger partial charge in [-0.1, -0.05) is 18.2 Å². The topological polar surface area (TPSA) is 55.8 Å². The number of ketones is 1. The summed E-state index contributed by atoms with van der Waals surface area (Å²) in [6.07, 6.45) is 0. The van der Waals surface area contributed by atoms with Gasteiger partial charge in [-0.3, -0.25) is 4.79 Å². The molecule has 88 valence electrons. The van der Waals surface area contributed by atoms with Crippen molar-refractivity contribution < 1.29 is 19.4 Å². The smallest absolute Gasteiger partial charge is 0.188 e. The van der Waals surface area contributed by atoms with Crippen LogP contribution in [0.4, 0.5) is 0 Å².